The van der Waals surface area contributed by atoms with Gasteiger partial charge in [0.15, 0.2) is 0 Å². The minimum atomic E-state index is 0.230. The van der Waals surface area contributed by atoms with Crippen LogP contribution < -0.4 is 5.32 Å². The van der Waals surface area contributed by atoms with Crippen LogP contribution in [0, 0.1) is 0 Å². The van der Waals surface area contributed by atoms with E-state index in [-0.39, 0.29) is 6.04 Å². The maximum Gasteiger partial charge on any atom is 0.0794 e. The molecule has 1 atom stereocenters. The van der Waals surface area contributed by atoms with Crippen LogP contribution in [0.5, 0.6) is 0 Å². The minimum Gasteiger partial charge on any atom is -0.306 e. The number of nitrogens with one attached hydrogen (secondary N) is 1. The standard InChI is InChI=1S/C17H18N2S/c1-2-10-19-17(16-11-18-12-20-16)15-9-5-7-13-6-3-4-8-14(13)15/h3-9,11-12,17,19H,2,10H2,1H3. The molecule has 0 bridgehead atoms. The highest BCUT2D eigenvalue weighted by Crippen LogP contribution is 2.30. The molecule has 0 aliphatic heterocycles. The van der Waals surface area contributed by atoms with Crippen LogP contribution in [0.2, 0.25) is 0 Å². The number of nitrogens with zero attached hydrogens (tertiary/aromatic N) is 1. The average molecular weight is 282 g/mol. The van der Waals surface area contributed by atoms with E-state index < -0.39 is 0 Å². The summed E-state index contributed by atoms with van der Waals surface area (Å²) in [5, 5.41) is 6.26. The Bertz CT molecular complexity index is 671. The van der Waals surface area contributed by atoms with E-state index in [1.165, 1.54) is 21.2 Å². The van der Waals surface area contributed by atoms with Crippen LogP contribution in [0.3, 0.4) is 0 Å². The van der Waals surface area contributed by atoms with Crippen molar-refractivity contribution in [2.45, 2.75) is 19.4 Å². The third-order valence-electron chi connectivity index (χ3n) is 3.47. The molecule has 1 N–H and O–H groups in total. The number of aromatic nitrogens is 1. The van der Waals surface area contributed by atoms with Crippen molar-refractivity contribution in [1.82, 2.24) is 10.3 Å². The van der Waals surface area contributed by atoms with Crippen molar-refractivity contribution >= 4 is 22.1 Å². The van der Waals surface area contributed by atoms with Gasteiger partial charge in [0.05, 0.1) is 11.6 Å². The molecule has 1 heterocycles. The molecule has 3 aromatic rings. The molecule has 3 rings (SSSR count). The summed E-state index contributed by atoms with van der Waals surface area (Å²) < 4.78 is 0. The van der Waals surface area contributed by atoms with Crippen molar-refractivity contribution in [2.75, 3.05) is 6.54 Å². The second-order valence-electron chi connectivity index (χ2n) is 4.86. The van der Waals surface area contributed by atoms with Crippen molar-refractivity contribution in [1.29, 1.82) is 0 Å². The summed E-state index contributed by atoms with van der Waals surface area (Å²) in [5.41, 5.74) is 3.24. The lowest BCUT2D eigenvalue weighted by Crippen LogP contribution is -2.22. The number of thiazole rings is 1. The van der Waals surface area contributed by atoms with Gasteiger partial charge < -0.3 is 5.32 Å². The molecule has 102 valence electrons. The van der Waals surface area contributed by atoms with Gasteiger partial charge in [-0.15, -0.1) is 11.3 Å². The number of hydrogen-bond acceptors (Lipinski definition) is 3. The molecule has 1 aromatic heterocycles. The fraction of sp³-hybridized carbons (Fsp3) is 0.235. The van der Waals surface area contributed by atoms with E-state index in [1.54, 1.807) is 11.3 Å². The molecule has 0 saturated carbocycles. The molecule has 0 amide bonds. The molecule has 20 heavy (non-hydrogen) atoms. The predicted octanol–water partition coefficient (Wildman–Crippen LogP) is 4.39. The van der Waals surface area contributed by atoms with Crippen LogP contribution in [0.15, 0.2) is 54.2 Å². The summed E-state index contributed by atoms with van der Waals surface area (Å²) in [4.78, 5) is 5.51. The molecule has 3 heteroatoms. The summed E-state index contributed by atoms with van der Waals surface area (Å²) in [7, 11) is 0. The van der Waals surface area contributed by atoms with Gasteiger partial charge in [0.25, 0.3) is 0 Å². The molecule has 1 unspecified atom stereocenters. The van der Waals surface area contributed by atoms with E-state index >= 15 is 0 Å². The zero-order valence-corrected chi connectivity index (χ0v) is 12.4. The van der Waals surface area contributed by atoms with Crippen LogP contribution in [-0.4, -0.2) is 11.5 Å². The first kappa shape index (κ1) is 13.3. The molecule has 0 saturated heterocycles. The van der Waals surface area contributed by atoms with Gasteiger partial charge in [0, 0.05) is 11.1 Å². The first-order valence-corrected chi connectivity index (χ1v) is 7.87. The van der Waals surface area contributed by atoms with Crippen LogP contribution in [0.4, 0.5) is 0 Å². The number of fused-ring (bicyclic) bond motifs is 1. The smallest absolute Gasteiger partial charge is 0.0794 e. The molecule has 0 spiro atoms. The lowest BCUT2D eigenvalue weighted by atomic mass is 9.98. The Kier molecular flexibility index (Phi) is 4.09. The van der Waals surface area contributed by atoms with E-state index in [4.69, 9.17) is 0 Å². The van der Waals surface area contributed by atoms with Gasteiger partial charge in [-0.1, -0.05) is 49.4 Å². The Morgan fingerprint density at radius 1 is 1.15 bits per heavy atom. The highest BCUT2D eigenvalue weighted by atomic mass is 32.1. The number of benzene rings is 2. The second-order valence-corrected chi connectivity index (χ2v) is 5.78. The number of rotatable bonds is 5. The molecule has 2 nitrogen and oxygen atoms in total. The molecule has 2 aromatic carbocycles. The lowest BCUT2D eigenvalue weighted by molar-refractivity contribution is 0.608. The van der Waals surface area contributed by atoms with E-state index in [1.807, 2.05) is 11.7 Å². The fourth-order valence-corrected chi connectivity index (χ4v) is 3.23. The third kappa shape index (κ3) is 2.60. The zero-order valence-electron chi connectivity index (χ0n) is 11.5. The molecular weight excluding hydrogens is 264 g/mol. The average Bonchev–Trinajstić information content (AvgIpc) is 3.02. The van der Waals surface area contributed by atoms with Gasteiger partial charge in [-0.3, -0.25) is 4.98 Å². The Balaban J connectivity index is 2.09. The number of hydrogen-bond donors (Lipinski definition) is 1. The Morgan fingerprint density at radius 2 is 2.00 bits per heavy atom. The molecule has 0 radical (unpaired) electrons. The molecular formula is C17H18N2S. The van der Waals surface area contributed by atoms with Crippen molar-refractivity contribution in [3.8, 4) is 0 Å². The van der Waals surface area contributed by atoms with Gasteiger partial charge in [0.2, 0.25) is 0 Å². The van der Waals surface area contributed by atoms with Crippen LogP contribution in [0.25, 0.3) is 10.8 Å². The minimum absolute atomic E-state index is 0.230. The maximum atomic E-state index is 4.24. The second kappa shape index (κ2) is 6.16. The fourth-order valence-electron chi connectivity index (χ4n) is 2.52. The third-order valence-corrected chi connectivity index (χ3v) is 4.31. The van der Waals surface area contributed by atoms with E-state index in [2.05, 4.69) is 59.7 Å². The summed E-state index contributed by atoms with van der Waals surface area (Å²) in [6.07, 6.45) is 3.10. The van der Waals surface area contributed by atoms with E-state index in [0.717, 1.165) is 13.0 Å². The summed E-state index contributed by atoms with van der Waals surface area (Å²) in [6, 6.07) is 15.3. The monoisotopic (exact) mass is 282 g/mol. The predicted molar refractivity (Wildman–Crippen MR) is 86.2 cm³/mol. The summed E-state index contributed by atoms with van der Waals surface area (Å²) >= 11 is 1.71. The van der Waals surface area contributed by atoms with Crippen molar-refractivity contribution in [3.05, 3.63) is 64.6 Å². The van der Waals surface area contributed by atoms with Crippen molar-refractivity contribution in [3.63, 3.8) is 0 Å². The van der Waals surface area contributed by atoms with Crippen LogP contribution in [0.1, 0.15) is 29.8 Å². The van der Waals surface area contributed by atoms with Gasteiger partial charge in [-0.25, -0.2) is 0 Å². The maximum absolute atomic E-state index is 4.24. The van der Waals surface area contributed by atoms with Crippen molar-refractivity contribution < 1.29 is 0 Å². The zero-order chi connectivity index (χ0) is 13.8. The van der Waals surface area contributed by atoms with Gasteiger partial charge >= 0.3 is 0 Å². The van der Waals surface area contributed by atoms with Gasteiger partial charge in [-0.2, -0.15) is 0 Å². The largest absolute Gasteiger partial charge is 0.306 e. The highest BCUT2D eigenvalue weighted by molar-refractivity contribution is 7.09. The summed E-state index contributed by atoms with van der Waals surface area (Å²) in [5.74, 6) is 0. The Labute approximate surface area is 123 Å². The molecule has 0 aliphatic rings. The molecule has 0 aliphatic carbocycles. The Morgan fingerprint density at radius 3 is 2.80 bits per heavy atom. The van der Waals surface area contributed by atoms with Crippen molar-refractivity contribution in [2.24, 2.45) is 0 Å². The SMILES string of the molecule is CCCNC(c1cncs1)c1cccc2ccccc12. The topological polar surface area (TPSA) is 24.9 Å². The molecule has 0 fully saturated rings. The quantitative estimate of drug-likeness (QED) is 0.751. The van der Waals surface area contributed by atoms with Gasteiger partial charge in [0.1, 0.15) is 0 Å². The van der Waals surface area contributed by atoms with Crippen LogP contribution in [-0.2, 0) is 0 Å². The Hall–Kier alpha value is -1.71. The lowest BCUT2D eigenvalue weighted by Gasteiger charge is -2.19. The van der Waals surface area contributed by atoms with E-state index in [0.29, 0.717) is 0 Å². The first-order valence-electron chi connectivity index (χ1n) is 6.99. The van der Waals surface area contributed by atoms with E-state index in [9.17, 15) is 0 Å². The highest BCUT2D eigenvalue weighted by Gasteiger charge is 2.16. The normalized spacial score (nSPS) is 12.7. The summed E-state index contributed by atoms with van der Waals surface area (Å²) in [6.45, 7) is 3.20. The van der Waals surface area contributed by atoms with Gasteiger partial charge in [-0.05, 0) is 29.3 Å². The first-order chi connectivity index (χ1) is 9.90. The van der Waals surface area contributed by atoms with Crippen LogP contribution >= 0.6 is 11.3 Å².